The van der Waals surface area contributed by atoms with Gasteiger partial charge in [0.25, 0.3) is 0 Å². The zero-order valence-electron chi connectivity index (χ0n) is 10.9. The molecule has 1 aromatic carbocycles. The number of halogens is 4. The lowest BCUT2D eigenvalue weighted by Crippen LogP contribution is -2.24. The lowest BCUT2D eigenvalue weighted by atomic mass is 10.1. The fourth-order valence-corrected chi connectivity index (χ4v) is 3.05. The van der Waals surface area contributed by atoms with Gasteiger partial charge in [0, 0.05) is 17.8 Å². The van der Waals surface area contributed by atoms with Crippen LogP contribution >= 0.6 is 39.1 Å². The summed E-state index contributed by atoms with van der Waals surface area (Å²) in [5.41, 5.74) is 0.910. The van der Waals surface area contributed by atoms with Crippen LogP contribution in [0.3, 0.4) is 0 Å². The van der Waals surface area contributed by atoms with Crippen LogP contribution in [-0.4, -0.2) is 28.2 Å². The minimum atomic E-state index is -1.22. The van der Waals surface area contributed by atoms with E-state index in [9.17, 15) is 9.18 Å². The summed E-state index contributed by atoms with van der Waals surface area (Å²) in [4.78, 5) is 19.2. The Labute approximate surface area is 141 Å². The third kappa shape index (κ3) is 2.20. The molecule has 9 heteroatoms. The Balaban J connectivity index is 2.49. The van der Waals surface area contributed by atoms with Crippen LogP contribution < -0.4 is 4.90 Å². The molecule has 0 atom stereocenters. The first-order chi connectivity index (χ1) is 10.3. The first-order valence-corrected chi connectivity index (χ1v) is 7.48. The number of carboxylic acid groups (broad SMARTS) is 1. The van der Waals surface area contributed by atoms with E-state index in [1.165, 1.54) is 13.1 Å². The van der Waals surface area contributed by atoms with Crippen LogP contribution in [0.2, 0.25) is 10.2 Å². The summed E-state index contributed by atoms with van der Waals surface area (Å²) in [7, 11) is 1.32. The number of aromatic nitrogens is 2. The van der Waals surface area contributed by atoms with Crippen LogP contribution in [-0.2, 0) is 0 Å². The number of hydrogen-bond donors (Lipinski definition) is 2. The minimum Gasteiger partial charge on any atom is -0.465 e. The average Bonchev–Trinajstić information content (AvgIpc) is 2.81. The zero-order chi connectivity index (χ0) is 16.2. The number of benzene rings is 1. The number of hydrogen-bond acceptors (Lipinski definition) is 2. The number of fused-ring (bicyclic) bond motifs is 3. The van der Waals surface area contributed by atoms with Crippen molar-refractivity contribution >= 4 is 72.8 Å². The molecular weight excluding hydrogens is 400 g/mol. The highest BCUT2D eigenvalue weighted by Crippen LogP contribution is 2.41. The molecule has 0 fully saturated rings. The Morgan fingerprint density at radius 1 is 1.45 bits per heavy atom. The molecule has 0 unspecified atom stereocenters. The number of nitrogens with one attached hydrogen (secondary N) is 1. The molecule has 2 heterocycles. The highest BCUT2D eigenvalue weighted by atomic mass is 79.9. The smallest absolute Gasteiger partial charge is 0.411 e. The minimum absolute atomic E-state index is 0.151. The van der Waals surface area contributed by atoms with Gasteiger partial charge in [-0.15, -0.1) is 0 Å². The Hall–Kier alpha value is -1.57. The van der Waals surface area contributed by atoms with Crippen LogP contribution in [0.4, 0.5) is 14.9 Å². The van der Waals surface area contributed by atoms with Gasteiger partial charge in [0.05, 0.1) is 20.7 Å². The van der Waals surface area contributed by atoms with Crippen LogP contribution in [0.15, 0.2) is 16.6 Å². The van der Waals surface area contributed by atoms with E-state index >= 15 is 0 Å². The summed E-state index contributed by atoms with van der Waals surface area (Å²) in [6.07, 6.45) is -1.22. The Kier molecular flexibility index (Phi) is 3.66. The lowest BCUT2D eigenvalue weighted by Gasteiger charge is -2.14. The zero-order valence-corrected chi connectivity index (χ0v) is 14.0. The van der Waals surface area contributed by atoms with Gasteiger partial charge in [-0.3, -0.25) is 4.90 Å². The van der Waals surface area contributed by atoms with E-state index in [-0.39, 0.29) is 15.9 Å². The molecule has 0 radical (unpaired) electrons. The predicted molar refractivity (Wildman–Crippen MR) is 87.7 cm³/mol. The van der Waals surface area contributed by atoms with E-state index in [1.54, 1.807) is 0 Å². The average molecular weight is 407 g/mol. The Morgan fingerprint density at radius 3 is 2.77 bits per heavy atom. The van der Waals surface area contributed by atoms with Crippen LogP contribution in [0, 0.1) is 5.82 Å². The topological polar surface area (TPSA) is 69.2 Å². The summed E-state index contributed by atoms with van der Waals surface area (Å²) >= 11 is 15.4. The fraction of sp³-hybridized carbons (Fsp3) is 0.0769. The second-order valence-corrected chi connectivity index (χ2v) is 6.10. The molecule has 0 bridgehead atoms. The van der Waals surface area contributed by atoms with Gasteiger partial charge >= 0.3 is 6.09 Å². The van der Waals surface area contributed by atoms with Crippen molar-refractivity contribution in [2.75, 3.05) is 11.9 Å². The Morgan fingerprint density at radius 2 is 2.14 bits per heavy atom. The molecule has 0 saturated carbocycles. The summed E-state index contributed by atoms with van der Waals surface area (Å²) in [5, 5.41) is 10.4. The molecule has 1 amide bonds. The molecule has 5 nitrogen and oxygen atoms in total. The number of aromatic amines is 1. The van der Waals surface area contributed by atoms with Gasteiger partial charge in [-0.05, 0) is 28.1 Å². The van der Waals surface area contributed by atoms with Crippen LogP contribution in [0.25, 0.3) is 21.9 Å². The quantitative estimate of drug-likeness (QED) is 0.556. The summed E-state index contributed by atoms with van der Waals surface area (Å²) in [6.45, 7) is 0. The van der Waals surface area contributed by atoms with Gasteiger partial charge in [-0.2, -0.15) is 0 Å². The number of anilines is 1. The van der Waals surface area contributed by atoms with E-state index in [2.05, 4.69) is 25.9 Å². The largest absolute Gasteiger partial charge is 0.465 e. The fourth-order valence-electron chi connectivity index (χ4n) is 2.25. The van der Waals surface area contributed by atoms with Crippen LogP contribution in [0.1, 0.15) is 0 Å². The van der Waals surface area contributed by atoms with Crippen molar-refractivity contribution in [3.05, 3.63) is 32.6 Å². The predicted octanol–water partition coefficient (Wildman–Crippen LogP) is 5.04. The molecule has 0 spiro atoms. The third-order valence-corrected chi connectivity index (χ3v) is 5.16. The number of pyridine rings is 1. The van der Waals surface area contributed by atoms with Crippen molar-refractivity contribution in [3.63, 3.8) is 0 Å². The first-order valence-electron chi connectivity index (χ1n) is 5.93. The van der Waals surface area contributed by atoms with Crippen molar-refractivity contribution in [1.82, 2.24) is 9.97 Å². The van der Waals surface area contributed by atoms with Crippen molar-refractivity contribution in [2.24, 2.45) is 0 Å². The number of carbonyl (C=O) groups is 1. The highest BCUT2D eigenvalue weighted by Gasteiger charge is 2.20. The molecule has 3 aromatic rings. The van der Waals surface area contributed by atoms with Crippen LogP contribution in [0.5, 0.6) is 0 Å². The summed E-state index contributed by atoms with van der Waals surface area (Å²) in [5.74, 6) is -0.585. The van der Waals surface area contributed by atoms with Gasteiger partial charge in [0.2, 0.25) is 0 Å². The normalized spacial score (nSPS) is 11.3. The van der Waals surface area contributed by atoms with E-state index in [1.807, 2.05) is 0 Å². The SMILES string of the molecule is CN(C(=O)O)c1cc(F)cc2c1[nH]c1nc(Cl)c(Br)c(Cl)c12. The van der Waals surface area contributed by atoms with Crippen molar-refractivity contribution in [2.45, 2.75) is 0 Å². The first kappa shape index (κ1) is 15.3. The standard InChI is InChI=1S/C13H7BrCl2FN3O2/c1-20(13(21)22)6-3-4(17)2-5-7-9(15)8(14)11(16)19-12(7)18-10(5)6/h2-3H,1H3,(H,18,19)(H,21,22). The van der Waals surface area contributed by atoms with Crippen molar-refractivity contribution in [1.29, 1.82) is 0 Å². The molecule has 0 aliphatic heterocycles. The van der Waals surface area contributed by atoms with E-state index in [0.29, 0.717) is 26.4 Å². The second-order valence-electron chi connectivity index (χ2n) is 4.57. The number of nitrogens with zero attached hydrogens (tertiary/aromatic N) is 2. The second kappa shape index (κ2) is 5.26. The third-order valence-electron chi connectivity index (χ3n) is 3.28. The van der Waals surface area contributed by atoms with Gasteiger partial charge in [0.1, 0.15) is 16.6 Å². The molecular formula is C13H7BrCl2FN3O2. The van der Waals surface area contributed by atoms with E-state index < -0.39 is 11.9 Å². The summed E-state index contributed by atoms with van der Waals surface area (Å²) < 4.78 is 14.3. The maximum Gasteiger partial charge on any atom is 0.411 e. The number of rotatable bonds is 1. The number of H-pyrrole nitrogens is 1. The monoisotopic (exact) mass is 405 g/mol. The Bertz CT molecular complexity index is 944. The molecule has 2 N–H and O–H groups in total. The van der Waals surface area contributed by atoms with Crippen molar-refractivity contribution < 1.29 is 14.3 Å². The molecule has 0 aliphatic carbocycles. The van der Waals surface area contributed by atoms with Gasteiger partial charge < -0.3 is 10.1 Å². The molecule has 0 saturated heterocycles. The van der Waals surface area contributed by atoms with E-state index in [0.717, 1.165) is 11.0 Å². The molecule has 22 heavy (non-hydrogen) atoms. The molecule has 114 valence electrons. The molecule has 3 rings (SSSR count). The van der Waals surface area contributed by atoms with Gasteiger partial charge in [-0.1, -0.05) is 23.2 Å². The summed E-state index contributed by atoms with van der Waals surface area (Å²) in [6, 6.07) is 2.39. The van der Waals surface area contributed by atoms with Gasteiger partial charge in [-0.25, -0.2) is 14.2 Å². The maximum absolute atomic E-state index is 13.9. The number of amides is 1. The van der Waals surface area contributed by atoms with E-state index in [4.69, 9.17) is 28.3 Å². The molecule has 0 aliphatic rings. The molecule has 2 aromatic heterocycles. The maximum atomic E-state index is 13.9. The van der Waals surface area contributed by atoms with Crippen molar-refractivity contribution in [3.8, 4) is 0 Å². The highest BCUT2D eigenvalue weighted by molar-refractivity contribution is 9.10. The van der Waals surface area contributed by atoms with Gasteiger partial charge in [0.15, 0.2) is 0 Å². The lowest BCUT2D eigenvalue weighted by molar-refractivity contribution is 0.203.